The number of hydrogen-bond acceptors (Lipinski definition) is 6. The number of hydrogen-bond donors (Lipinski definition) is 0. The number of aryl methyl sites for hydroxylation is 1. The fourth-order valence-electron chi connectivity index (χ4n) is 3.15. The van der Waals surface area contributed by atoms with Crippen molar-refractivity contribution >= 4 is 17.5 Å². The second-order valence-electron chi connectivity index (χ2n) is 6.71. The lowest BCUT2D eigenvalue weighted by Crippen LogP contribution is -2.05. The van der Waals surface area contributed by atoms with E-state index in [4.69, 9.17) is 9.15 Å². The molecule has 3 aromatic rings. The van der Waals surface area contributed by atoms with Crippen molar-refractivity contribution in [3.05, 3.63) is 53.2 Å². The highest BCUT2D eigenvalue weighted by atomic mass is 32.2. The number of carbonyl (C=O) groups is 1. The van der Waals surface area contributed by atoms with Gasteiger partial charge in [0.1, 0.15) is 5.75 Å². The van der Waals surface area contributed by atoms with Crippen LogP contribution in [-0.2, 0) is 0 Å². The lowest BCUT2D eigenvalue weighted by molar-refractivity contribution is 0.102. The van der Waals surface area contributed by atoms with Crippen molar-refractivity contribution in [2.45, 2.75) is 37.8 Å². The molecule has 2 heterocycles. The second kappa shape index (κ2) is 7.23. The molecule has 0 atom stereocenters. The van der Waals surface area contributed by atoms with E-state index in [1.54, 1.807) is 7.11 Å². The summed E-state index contributed by atoms with van der Waals surface area (Å²) in [5.74, 6) is 2.26. The van der Waals surface area contributed by atoms with Crippen LogP contribution in [0.5, 0.6) is 5.75 Å². The third-order valence-electron chi connectivity index (χ3n) is 4.74. The normalized spacial score (nSPS) is 13.7. The molecule has 1 fully saturated rings. The van der Waals surface area contributed by atoms with Gasteiger partial charge < -0.3 is 13.7 Å². The number of ether oxygens (including phenoxy) is 1. The smallest absolute Gasteiger partial charge is 0.277 e. The zero-order valence-corrected chi connectivity index (χ0v) is 16.4. The summed E-state index contributed by atoms with van der Waals surface area (Å²) in [5, 5.41) is 8.55. The van der Waals surface area contributed by atoms with Gasteiger partial charge >= 0.3 is 0 Å². The molecule has 4 rings (SSSR count). The van der Waals surface area contributed by atoms with Gasteiger partial charge in [-0.25, -0.2) is 0 Å². The van der Waals surface area contributed by atoms with Gasteiger partial charge in [0, 0.05) is 28.6 Å². The second-order valence-corrected chi connectivity index (χ2v) is 7.64. The molecule has 0 spiro atoms. The Morgan fingerprint density at radius 1 is 1.26 bits per heavy atom. The Morgan fingerprint density at radius 2 is 2.00 bits per heavy atom. The van der Waals surface area contributed by atoms with Crippen LogP contribution in [0, 0.1) is 13.8 Å². The third kappa shape index (κ3) is 3.64. The van der Waals surface area contributed by atoms with Gasteiger partial charge in [-0.1, -0.05) is 11.8 Å². The highest BCUT2D eigenvalue weighted by Crippen LogP contribution is 2.39. The van der Waals surface area contributed by atoms with E-state index in [2.05, 4.69) is 14.8 Å². The van der Waals surface area contributed by atoms with Gasteiger partial charge in [-0.15, -0.1) is 10.2 Å². The van der Waals surface area contributed by atoms with Crippen molar-refractivity contribution < 1.29 is 13.9 Å². The predicted octanol–water partition coefficient (Wildman–Crippen LogP) is 4.34. The minimum Gasteiger partial charge on any atom is -0.497 e. The van der Waals surface area contributed by atoms with Gasteiger partial charge in [-0.2, -0.15) is 0 Å². The fourth-order valence-corrected chi connectivity index (χ4v) is 3.81. The number of carbonyl (C=O) groups excluding carboxylic acids is 1. The summed E-state index contributed by atoms with van der Waals surface area (Å²) in [5.41, 5.74) is 3.66. The van der Waals surface area contributed by atoms with Gasteiger partial charge in [-0.3, -0.25) is 4.79 Å². The van der Waals surface area contributed by atoms with Gasteiger partial charge in [0.05, 0.1) is 12.9 Å². The standard InChI is InChI=1S/C20H21N3O3S/c1-12-10-17(13(2)23(12)15-6-8-16(25-3)9-7-15)18(24)11-27-20-22-21-19(26-20)14-4-5-14/h6-10,14H,4-5,11H2,1-3H3. The lowest BCUT2D eigenvalue weighted by Gasteiger charge is -2.10. The molecule has 1 aromatic carbocycles. The maximum atomic E-state index is 12.7. The summed E-state index contributed by atoms with van der Waals surface area (Å²) in [7, 11) is 1.65. The number of ketones is 1. The van der Waals surface area contributed by atoms with Gasteiger partial charge in [0.15, 0.2) is 5.78 Å². The minimum absolute atomic E-state index is 0.0547. The molecule has 0 radical (unpaired) electrons. The average molecular weight is 383 g/mol. The Labute approximate surface area is 161 Å². The van der Waals surface area contributed by atoms with Crippen molar-refractivity contribution in [3.63, 3.8) is 0 Å². The fraction of sp³-hybridized carbons (Fsp3) is 0.350. The summed E-state index contributed by atoms with van der Waals surface area (Å²) < 4.78 is 12.9. The molecule has 0 bridgehead atoms. The molecule has 0 saturated heterocycles. The predicted molar refractivity (Wildman–Crippen MR) is 103 cm³/mol. The number of Topliss-reactive ketones (excluding diaryl/α,β-unsaturated/α-hetero) is 1. The highest BCUT2D eigenvalue weighted by molar-refractivity contribution is 7.99. The van der Waals surface area contributed by atoms with Crippen LogP contribution in [0.3, 0.4) is 0 Å². The molecule has 27 heavy (non-hydrogen) atoms. The number of benzene rings is 1. The number of rotatable bonds is 7. The first kappa shape index (κ1) is 17.9. The zero-order valence-electron chi connectivity index (χ0n) is 15.6. The summed E-state index contributed by atoms with van der Waals surface area (Å²) in [6.07, 6.45) is 2.23. The molecule has 1 saturated carbocycles. The molecule has 0 N–H and O–H groups in total. The van der Waals surface area contributed by atoms with E-state index in [0.29, 0.717) is 17.0 Å². The SMILES string of the molecule is COc1ccc(-n2c(C)cc(C(=O)CSc3nnc(C4CC4)o3)c2C)cc1. The topological polar surface area (TPSA) is 70.2 Å². The summed E-state index contributed by atoms with van der Waals surface area (Å²) in [6, 6.07) is 9.74. The summed E-state index contributed by atoms with van der Waals surface area (Å²) >= 11 is 1.30. The van der Waals surface area contributed by atoms with E-state index in [0.717, 1.165) is 41.2 Å². The van der Waals surface area contributed by atoms with Gasteiger partial charge in [0.25, 0.3) is 5.22 Å². The van der Waals surface area contributed by atoms with E-state index in [1.807, 2.05) is 44.2 Å². The van der Waals surface area contributed by atoms with Crippen molar-refractivity contribution in [3.8, 4) is 11.4 Å². The van der Waals surface area contributed by atoms with Crippen LogP contribution < -0.4 is 4.74 Å². The first-order valence-corrected chi connectivity index (χ1v) is 9.88. The molecule has 0 aliphatic heterocycles. The molecule has 6 nitrogen and oxygen atoms in total. The Balaban J connectivity index is 1.49. The maximum Gasteiger partial charge on any atom is 0.277 e. The third-order valence-corrected chi connectivity index (χ3v) is 5.56. The number of aromatic nitrogens is 3. The molecule has 7 heteroatoms. The number of methoxy groups -OCH3 is 1. The average Bonchev–Trinajstić information content (AvgIpc) is 3.34. The zero-order chi connectivity index (χ0) is 19.0. The largest absolute Gasteiger partial charge is 0.497 e. The van der Waals surface area contributed by atoms with Crippen LogP contribution in [0.1, 0.15) is 46.4 Å². The van der Waals surface area contributed by atoms with Crippen LogP contribution in [0.2, 0.25) is 0 Å². The van der Waals surface area contributed by atoms with Crippen molar-refractivity contribution in [2.24, 2.45) is 0 Å². The Morgan fingerprint density at radius 3 is 2.67 bits per heavy atom. The van der Waals surface area contributed by atoms with Crippen molar-refractivity contribution in [2.75, 3.05) is 12.9 Å². The highest BCUT2D eigenvalue weighted by Gasteiger charge is 2.29. The van der Waals surface area contributed by atoms with Gasteiger partial charge in [0.2, 0.25) is 5.89 Å². The molecule has 0 amide bonds. The van der Waals surface area contributed by atoms with Crippen LogP contribution >= 0.6 is 11.8 Å². The first-order valence-electron chi connectivity index (χ1n) is 8.89. The Kier molecular flexibility index (Phi) is 4.78. The van der Waals surface area contributed by atoms with Gasteiger partial charge in [-0.05, 0) is 57.0 Å². The first-order chi connectivity index (χ1) is 13.1. The molecular weight excluding hydrogens is 362 g/mol. The Hall–Kier alpha value is -2.54. The van der Waals surface area contributed by atoms with Crippen LogP contribution in [-0.4, -0.2) is 33.4 Å². The Bertz CT molecular complexity index is 971. The quantitative estimate of drug-likeness (QED) is 0.446. The number of thioether (sulfide) groups is 1. The molecule has 140 valence electrons. The van der Waals surface area contributed by atoms with E-state index in [-0.39, 0.29) is 11.5 Å². The van der Waals surface area contributed by atoms with E-state index in [1.165, 1.54) is 11.8 Å². The van der Waals surface area contributed by atoms with E-state index in [9.17, 15) is 4.79 Å². The summed E-state index contributed by atoms with van der Waals surface area (Å²) in [6.45, 7) is 3.97. The van der Waals surface area contributed by atoms with Crippen molar-refractivity contribution in [1.82, 2.24) is 14.8 Å². The molecule has 1 aliphatic carbocycles. The molecule has 2 aromatic heterocycles. The van der Waals surface area contributed by atoms with Crippen LogP contribution in [0.15, 0.2) is 40.0 Å². The van der Waals surface area contributed by atoms with Crippen molar-refractivity contribution in [1.29, 1.82) is 0 Å². The van der Waals surface area contributed by atoms with Crippen LogP contribution in [0.25, 0.3) is 5.69 Å². The molecule has 0 unspecified atom stereocenters. The molecular formula is C20H21N3O3S. The lowest BCUT2D eigenvalue weighted by atomic mass is 10.2. The van der Waals surface area contributed by atoms with Crippen LogP contribution in [0.4, 0.5) is 0 Å². The van der Waals surface area contributed by atoms with E-state index < -0.39 is 0 Å². The number of nitrogens with zero attached hydrogens (tertiary/aromatic N) is 3. The summed E-state index contributed by atoms with van der Waals surface area (Å²) in [4.78, 5) is 12.7. The minimum atomic E-state index is 0.0547. The van der Waals surface area contributed by atoms with E-state index >= 15 is 0 Å². The molecule has 1 aliphatic rings. The maximum absolute atomic E-state index is 12.7. The monoisotopic (exact) mass is 383 g/mol.